The van der Waals surface area contributed by atoms with E-state index in [1.54, 1.807) is 0 Å². The van der Waals surface area contributed by atoms with E-state index in [0.29, 0.717) is 12.0 Å². The smallest absolute Gasteiger partial charge is 0.216 e. The van der Waals surface area contributed by atoms with Gasteiger partial charge in [-0.1, -0.05) is 37.3 Å². The Hall–Kier alpha value is -2.65. The maximum atomic E-state index is 6.45. The van der Waals surface area contributed by atoms with E-state index in [1.165, 1.54) is 39.6 Å². The zero-order valence-electron chi connectivity index (χ0n) is 17.5. The Morgan fingerprint density at radius 1 is 1.00 bits per heavy atom. The molecule has 3 nitrogen and oxygen atoms in total. The molecule has 4 aromatic rings. The van der Waals surface area contributed by atoms with Gasteiger partial charge in [-0.05, 0) is 50.4 Å². The van der Waals surface area contributed by atoms with Crippen molar-refractivity contribution in [1.82, 2.24) is 5.32 Å². The van der Waals surface area contributed by atoms with Crippen LogP contribution in [0.1, 0.15) is 30.9 Å². The van der Waals surface area contributed by atoms with Crippen LogP contribution in [0.15, 0.2) is 59.1 Å². The summed E-state index contributed by atoms with van der Waals surface area (Å²) in [7, 11) is 2.10. The number of rotatable bonds is 1. The van der Waals surface area contributed by atoms with Crippen LogP contribution in [0.3, 0.4) is 0 Å². The molecule has 0 bridgehead atoms. The monoisotopic (exact) mass is 385 g/mol. The van der Waals surface area contributed by atoms with Gasteiger partial charge in [0.1, 0.15) is 11.2 Å². The number of hydrogen-bond donors (Lipinski definition) is 1. The summed E-state index contributed by atoms with van der Waals surface area (Å²) < 4.78 is 8.88. The second kappa shape index (κ2) is 7.31. The lowest BCUT2D eigenvalue weighted by Crippen LogP contribution is -2.42. The Morgan fingerprint density at radius 2 is 1.86 bits per heavy atom. The molecule has 0 amide bonds. The minimum absolute atomic E-state index is 0.535. The number of aromatic nitrogens is 1. The average Bonchev–Trinajstić information content (AvgIpc) is 3.11. The summed E-state index contributed by atoms with van der Waals surface area (Å²) in [6, 6.07) is 18.0. The fourth-order valence-corrected chi connectivity index (χ4v) is 4.97. The van der Waals surface area contributed by atoms with Crippen LogP contribution in [-0.2, 0) is 13.0 Å². The van der Waals surface area contributed by atoms with Gasteiger partial charge in [-0.3, -0.25) is 0 Å². The van der Waals surface area contributed by atoms with Crippen LogP contribution in [0.5, 0.6) is 0 Å². The minimum atomic E-state index is 0.535. The molecule has 3 heteroatoms. The predicted molar refractivity (Wildman–Crippen MR) is 119 cm³/mol. The first kappa shape index (κ1) is 18.4. The highest BCUT2D eigenvalue weighted by molar-refractivity contribution is 6.09. The summed E-state index contributed by atoms with van der Waals surface area (Å²) in [5.74, 6) is 0.631. The van der Waals surface area contributed by atoms with Gasteiger partial charge in [0.2, 0.25) is 5.69 Å². The quantitative estimate of drug-likeness (QED) is 0.444. The van der Waals surface area contributed by atoms with Gasteiger partial charge >= 0.3 is 0 Å². The van der Waals surface area contributed by atoms with Gasteiger partial charge in [-0.2, -0.15) is 4.57 Å². The molecule has 0 spiro atoms. The predicted octanol–water partition coefficient (Wildman–Crippen LogP) is 5.41. The minimum Gasteiger partial charge on any atom is -0.455 e. The maximum Gasteiger partial charge on any atom is 0.216 e. The average molecular weight is 386 g/mol. The summed E-state index contributed by atoms with van der Waals surface area (Å²) in [6.07, 6.45) is 5.66. The van der Waals surface area contributed by atoms with Crippen LogP contribution in [0.4, 0.5) is 0 Å². The second-order valence-corrected chi connectivity index (χ2v) is 8.56. The van der Waals surface area contributed by atoms with Crippen molar-refractivity contribution in [2.45, 2.75) is 45.7 Å². The molecule has 3 heterocycles. The molecular formula is C26H29N2O+. The number of nitrogens with zero attached hydrogens (tertiary/aromatic N) is 1. The molecule has 1 N–H and O–H groups in total. The van der Waals surface area contributed by atoms with Crippen molar-refractivity contribution in [3.8, 4) is 11.3 Å². The fraction of sp³-hybridized carbons (Fsp3) is 0.346. The molecule has 0 radical (unpaired) electrons. The third kappa shape index (κ3) is 3.14. The van der Waals surface area contributed by atoms with Crippen LogP contribution >= 0.6 is 0 Å². The maximum absolute atomic E-state index is 6.45. The van der Waals surface area contributed by atoms with Gasteiger partial charge in [0.05, 0.1) is 5.56 Å². The number of hydrogen-bond acceptors (Lipinski definition) is 2. The Kier molecular flexibility index (Phi) is 4.63. The summed E-state index contributed by atoms with van der Waals surface area (Å²) in [5, 5.41) is 5.97. The summed E-state index contributed by atoms with van der Waals surface area (Å²) in [4.78, 5) is 0. The second-order valence-electron chi connectivity index (χ2n) is 8.56. The van der Waals surface area contributed by atoms with Crippen LogP contribution < -0.4 is 9.88 Å². The van der Waals surface area contributed by atoms with Crippen LogP contribution in [0, 0.1) is 12.8 Å². The van der Waals surface area contributed by atoms with Crippen molar-refractivity contribution in [3.63, 3.8) is 0 Å². The number of aryl methyl sites for hydroxylation is 3. The van der Waals surface area contributed by atoms with Crippen molar-refractivity contribution < 1.29 is 8.98 Å². The third-order valence-corrected chi connectivity index (χ3v) is 6.67. The zero-order valence-corrected chi connectivity index (χ0v) is 17.5. The molecule has 2 atom stereocenters. The molecule has 2 aromatic heterocycles. The first-order valence-corrected chi connectivity index (χ1v) is 10.8. The van der Waals surface area contributed by atoms with Crippen molar-refractivity contribution >= 4 is 21.9 Å². The number of pyridine rings is 1. The standard InChI is InChI=1S/C26H29N2O/c1-17-8-13-23-25-19(10-9-18(2)22(27-3)14-15-28(23)16-17)11-12-21-20-6-4-5-7-24(20)29-26(21)25/h4-8,11-13,16,18,22,27H,9-10,14-15H2,1-3H3/q+1. The number of furan rings is 1. The van der Waals surface area contributed by atoms with Gasteiger partial charge in [0.25, 0.3) is 0 Å². The molecule has 0 saturated carbocycles. The van der Waals surface area contributed by atoms with Crippen LogP contribution in [0.25, 0.3) is 33.2 Å². The SMILES string of the molecule is CNC1CC[n+]2cc(C)ccc2-c2c(ccc3c2oc2ccccc23)CCC1C. The topological polar surface area (TPSA) is 29.1 Å². The molecular weight excluding hydrogens is 356 g/mol. The number of fused-ring (bicyclic) bond motifs is 7. The normalized spacial score (nSPS) is 19.8. The number of benzene rings is 2. The molecule has 2 unspecified atom stereocenters. The summed E-state index contributed by atoms with van der Waals surface area (Å²) >= 11 is 0. The first-order chi connectivity index (χ1) is 14.2. The third-order valence-electron chi connectivity index (χ3n) is 6.67. The highest BCUT2D eigenvalue weighted by Crippen LogP contribution is 2.38. The molecule has 0 fully saturated rings. The Bertz CT molecular complexity index is 1190. The largest absolute Gasteiger partial charge is 0.455 e. The lowest BCUT2D eigenvalue weighted by atomic mass is 9.88. The van der Waals surface area contributed by atoms with E-state index in [-0.39, 0.29) is 0 Å². The molecule has 148 valence electrons. The van der Waals surface area contributed by atoms with E-state index in [2.05, 4.69) is 85.5 Å². The van der Waals surface area contributed by atoms with E-state index in [0.717, 1.165) is 30.6 Å². The van der Waals surface area contributed by atoms with Crippen molar-refractivity contribution in [2.24, 2.45) is 5.92 Å². The Morgan fingerprint density at radius 3 is 2.72 bits per heavy atom. The molecule has 2 aromatic carbocycles. The highest BCUT2D eigenvalue weighted by Gasteiger charge is 2.27. The van der Waals surface area contributed by atoms with Gasteiger partial charge < -0.3 is 9.73 Å². The molecule has 0 aliphatic carbocycles. The Labute approximate surface area is 172 Å². The molecule has 1 aliphatic heterocycles. The van der Waals surface area contributed by atoms with Gasteiger partial charge in [-0.15, -0.1) is 0 Å². The fourth-order valence-electron chi connectivity index (χ4n) is 4.97. The summed E-state index contributed by atoms with van der Waals surface area (Å²) in [6.45, 7) is 5.56. The van der Waals surface area contributed by atoms with Crippen molar-refractivity contribution in [1.29, 1.82) is 0 Å². The van der Waals surface area contributed by atoms with E-state index in [4.69, 9.17) is 4.42 Å². The van der Waals surface area contributed by atoms with E-state index in [1.807, 2.05) is 0 Å². The lowest BCUT2D eigenvalue weighted by molar-refractivity contribution is -0.687. The van der Waals surface area contributed by atoms with Crippen molar-refractivity contribution in [2.75, 3.05) is 7.05 Å². The lowest BCUT2D eigenvalue weighted by Gasteiger charge is -2.24. The van der Waals surface area contributed by atoms with Crippen LogP contribution in [-0.4, -0.2) is 13.1 Å². The summed E-state index contributed by atoms with van der Waals surface area (Å²) in [5.41, 5.74) is 7.21. The molecule has 1 aliphatic rings. The molecule has 5 rings (SSSR count). The highest BCUT2D eigenvalue weighted by atomic mass is 16.3. The molecule has 29 heavy (non-hydrogen) atoms. The van der Waals surface area contributed by atoms with E-state index >= 15 is 0 Å². The Balaban J connectivity index is 1.79. The van der Waals surface area contributed by atoms with E-state index in [9.17, 15) is 0 Å². The van der Waals surface area contributed by atoms with E-state index < -0.39 is 0 Å². The number of nitrogens with one attached hydrogen (secondary N) is 1. The van der Waals surface area contributed by atoms with Gasteiger partial charge in [0.15, 0.2) is 12.7 Å². The first-order valence-electron chi connectivity index (χ1n) is 10.8. The molecule has 0 saturated heterocycles. The zero-order chi connectivity index (χ0) is 20.0. The number of para-hydroxylation sites is 1. The van der Waals surface area contributed by atoms with Gasteiger partial charge in [0, 0.05) is 34.9 Å². The van der Waals surface area contributed by atoms with Gasteiger partial charge in [-0.25, -0.2) is 0 Å². The van der Waals surface area contributed by atoms with Crippen LogP contribution in [0.2, 0.25) is 0 Å². The van der Waals surface area contributed by atoms with Crippen molar-refractivity contribution in [3.05, 3.63) is 65.9 Å².